The third kappa shape index (κ3) is 11.7. The number of carbonyl (C=O) groups excluding carboxylic acids is 3. The van der Waals surface area contributed by atoms with Gasteiger partial charge in [0.25, 0.3) is 0 Å². The first-order valence-corrected chi connectivity index (χ1v) is 11.2. The molecular weight excluding hydrogens is 470 g/mol. The third-order valence-electron chi connectivity index (χ3n) is 4.91. The molecule has 0 spiro atoms. The molecule has 0 fully saturated rings. The van der Waals surface area contributed by atoms with E-state index in [0.29, 0.717) is 12.8 Å². The highest BCUT2D eigenvalue weighted by Gasteiger charge is 2.32. The number of hydrogen-bond donors (Lipinski definition) is 9. The van der Waals surface area contributed by atoms with E-state index in [1.807, 2.05) is 0 Å². The van der Waals surface area contributed by atoms with Crippen LogP contribution in [0.5, 0.6) is 0 Å². The summed E-state index contributed by atoms with van der Waals surface area (Å²) in [5, 5.41) is 25.0. The Balaban J connectivity index is 5.22. The third-order valence-corrected chi connectivity index (χ3v) is 5.27. The van der Waals surface area contributed by atoms with Gasteiger partial charge in [-0.15, -0.1) is 0 Å². The van der Waals surface area contributed by atoms with Crippen molar-refractivity contribution in [1.29, 1.82) is 0 Å². The quantitative estimate of drug-likeness (QED) is 0.0456. The van der Waals surface area contributed by atoms with Gasteiger partial charge in [0.15, 0.2) is 5.96 Å². The fraction of sp³-hybridized carbons (Fsp3) is 0.684. The summed E-state index contributed by atoms with van der Waals surface area (Å²) >= 11 is 4.01. The molecule has 5 atom stereocenters. The zero-order chi connectivity index (χ0) is 26.4. The maximum absolute atomic E-state index is 12.9. The van der Waals surface area contributed by atoms with E-state index in [-0.39, 0.29) is 30.6 Å². The average Bonchev–Trinajstić information content (AvgIpc) is 2.76. The zero-order valence-electron chi connectivity index (χ0n) is 19.2. The van der Waals surface area contributed by atoms with E-state index in [4.69, 9.17) is 27.4 Å². The highest BCUT2D eigenvalue weighted by molar-refractivity contribution is 7.80. The van der Waals surface area contributed by atoms with E-state index >= 15 is 0 Å². The van der Waals surface area contributed by atoms with Crippen molar-refractivity contribution in [3.8, 4) is 0 Å². The number of nitrogens with zero attached hydrogens (tertiary/aromatic N) is 1. The van der Waals surface area contributed by atoms with Gasteiger partial charge in [0.05, 0.1) is 12.5 Å². The van der Waals surface area contributed by atoms with Crippen LogP contribution in [-0.4, -0.2) is 82.3 Å². The van der Waals surface area contributed by atoms with Gasteiger partial charge in [-0.05, 0) is 18.8 Å². The first kappa shape index (κ1) is 30.9. The van der Waals surface area contributed by atoms with Crippen LogP contribution in [0.2, 0.25) is 0 Å². The number of hydrogen-bond acceptors (Lipinski definition) is 8. The van der Waals surface area contributed by atoms with Gasteiger partial charge in [0.1, 0.15) is 18.1 Å². The number of nitrogens with one attached hydrogen (secondary N) is 3. The fourth-order valence-electron chi connectivity index (χ4n) is 2.72. The Morgan fingerprint density at radius 3 is 2.03 bits per heavy atom. The summed E-state index contributed by atoms with van der Waals surface area (Å²) < 4.78 is 0. The number of thiol groups is 1. The molecular formula is C19H35N7O7S. The molecule has 0 heterocycles. The number of amides is 3. The molecule has 0 aliphatic heterocycles. The second kappa shape index (κ2) is 15.7. The molecule has 0 aromatic carbocycles. The van der Waals surface area contributed by atoms with Crippen molar-refractivity contribution in [2.75, 3.05) is 12.3 Å². The van der Waals surface area contributed by atoms with Crippen LogP contribution in [0.25, 0.3) is 0 Å². The molecule has 0 aromatic rings. The molecule has 0 rings (SSSR count). The number of rotatable bonds is 16. The highest BCUT2D eigenvalue weighted by atomic mass is 32.1. The average molecular weight is 506 g/mol. The normalized spacial score (nSPS) is 15.1. The Morgan fingerprint density at radius 2 is 1.56 bits per heavy atom. The van der Waals surface area contributed by atoms with Crippen molar-refractivity contribution < 1.29 is 34.2 Å². The molecule has 34 heavy (non-hydrogen) atoms. The Bertz CT molecular complexity index is 761. The summed E-state index contributed by atoms with van der Waals surface area (Å²) in [5.41, 5.74) is 16.4. The summed E-state index contributed by atoms with van der Waals surface area (Å²) in [7, 11) is 0. The number of aliphatic imine (C=N–C) groups is 1. The molecule has 0 aromatic heterocycles. The largest absolute Gasteiger partial charge is 0.481 e. The van der Waals surface area contributed by atoms with Crippen LogP contribution in [0.1, 0.15) is 39.5 Å². The molecule has 194 valence electrons. The monoisotopic (exact) mass is 505 g/mol. The van der Waals surface area contributed by atoms with Crippen LogP contribution >= 0.6 is 12.6 Å². The lowest BCUT2D eigenvalue weighted by molar-refractivity contribution is -0.147. The van der Waals surface area contributed by atoms with E-state index in [0.717, 1.165) is 0 Å². The lowest BCUT2D eigenvalue weighted by Crippen LogP contribution is -2.59. The van der Waals surface area contributed by atoms with Crippen molar-refractivity contribution in [3.05, 3.63) is 0 Å². The maximum Gasteiger partial charge on any atom is 0.326 e. The molecule has 0 saturated carbocycles. The highest BCUT2D eigenvalue weighted by Crippen LogP contribution is 2.10. The smallest absolute Gasteiger partial charge is 0.326 e. The van der Waals surface area contributed by atoms with E-state index in [2.05, 4.69) is 33.6 Å². The van der Waals surface area contributed by atoms with Crippen molar-refractivity contribution in [1.82, 2.24) is 16.0 Å². The topological polar surface area (TPSA) is 252 Å². The van der Waals surface area contributed by atoms with Crippen LogP contribution in [0.15, 0.2) is 4.99 Å². The van der Waals surface area contributed by atoms with Gasteiger partial charge in [-0.2, -0.15) is 12.6 Å². The minimum absolute atomic E-state index is 0.0769. The fourth-order valence-corrected chi connectivity index (χ4v) is 2.97. The van der Waals surface area contributed by atoms with Gasteiger partial charge in [-0.25, -0.2) is 4.79 Å². The minimum Gasteiger partial charge on any atom is -0.481 e. The van der Waals surface area contributed by atoms with Crippen LogP contribution < -0.4 is 33.2 Å². The van der Waals surface area contributed by atoms with Gasteiger partial charge in [0.2, 0.25) is 17.7 Å². The molecule has 0 bridgehead atoms. The molecule has 0 aliphatic rings. The van der Waals surface area contributed by atoms with Gasteiger partial charge in [0, 0.05) is 12.3 Å². The van der Waals surface area contributed by atoms with Crippen molar-refractivity contribution >= 4 is 48.2 Å². The second-order valence-corrected chi connectivity index (χ2v) is 8.03. The lowest BCUT2D eigenvalue weighted by Gasteiger charge is -2.27. The Labute approximate surface area is 202 Å². The number of aliphatic carboxylic acids is 2. The zero-order valence-corrected chi connectivity index (χ0v) is 20.1. The predicted octanol–water partition coefficient (Wildman–Crippen LogP) is -2.64. The van der Waals surface area contributed by atoms with Crippen LogP contribution in [-0.2, 0) is 24.0 Å². The van der Waals surface area contributed by atoms with Crippen molar-refractivity contribution in [2.45, 2.75) is 63.7 Å². The molecule has 11 N–H and O–H groups in total. The Hall–Kier alpha value is -3.07. The van der Waals surface area contributed by atoms with Gasteiger partial charge < -0.3 is 43.4 Å². The first-order valence-electron chi connectivity index (χ1n) is 10.6. The lowest BCUT2D eigenvalue weighted by atomic mass is 9.97. The Morgan fingerprint density at radius 1 is 0.971 bits per heavy atom. The Kier molecular flexibility index (Phi) is 14.3. The summed E-state index contributed by atoms with van der Waals surface area (Å²) in [6, 6.07) is -4.93. The maximum atomic E-state index is 12.9. The van der Waals surface area contributed by atoms with Crippen LogP contribution in [0.3, 0.4) is 0 Å². The molecule has 5 unspecified atom stereocenters. The number of carboxylic acid groups (broad SMARTS) is 2. The van der Waals surface area contributed by atoms with Crippen LogP contribution in [0, 0.1) is 5.92 Å². The van der Waals surface area contributed by atoms with E-state index in [1.54, 1.807) is 13.8 Å². The molecule has 0 aliphatic carbocycles. The van der Waals surface area contributed by atoms with Crippen LogP contribution in [0.4, 0.5) is 0 Å². The summed E-state index contributed by atoms with van der Waals surface area (Å²) in [6.45, 7) is 3.81. The second-order valence-electron chi connectivity index (χ2n) is 7.67. The minimum atomic E-state index is -1.69. The molecule has 14 nitrogen and oxygen atoms in total. The van der Waals surface area contributed by atoms with Crippen molar-refractivity contribution in [2.24, 2.45) is 28.1 Å². The van der Waals surface area contributed by atoms with Crippen molar-refractivity contribution in [3.63, 3.8) is 0 Å². The molecule has 0 radical (unpaired) electrons. The van der Waals surface area contributed by atoms with E-state index < -0.39 is 60.2 Å². The number of guanidine groups is 1. The molecule has 3 amide bonds. The standard InChI is InChI=1S/C19H35N7O7S/c1-3-9(2)14(26-15(29)10(20)5-4-6-23-19(21)22)17(31)25-12(8-34)16(30)24-11(18(32)33)7-13(27)28/h9-12,14,34H,3-8,20H2,1-2H3,(H,24,30)(H,25,31)(H,26,29)(H,27,28)(H,32,33)(H4,21,22,23). The first-order chi connectivity index (χ1) is 15.8. The summed E-state index contributed by atoms with van der Waals surface area (Å²) in [6.07, 6.45) is 0.366. The number of nitrogens with two attached hydrogens (primary N) is 3. The van der Waals surface area contributed by atoms with E-state index in [9.17, 15) is 24.0 Å². The molecule has 15 heteroatoms. The predicted molar refractivity (Wildman–Crippen MR) is 127 cm³/mol. The van der Waals surface area contributed by atoms with E-state index in [1.165, 1.54) is 0 Å². The van der Waals surface area contributed by atoms with Gasteiger partial charge in [-0.3, -0.25) is 24.2 Å². The summed E-state index contributed by atoms with van der Waals surface area (Å²) in [4.78, 5) is 63.6. The SMILES string of the molecule is CCC(C)C(NC(=O)C(N)CCCN=C(N)N)C(=O)NC(CS)C(=O)NC(CC(=O)O)C(=O)O. The van der Waals surface area contributed by atoms with Gasteiger partial charge >= 0.3 is 11.9 Å². The number of carbonyl (C=O) groups is 5. The summed E-state index contributed by atoms with van der Waals surface area (Å²) in [5.74, 6) is -5.79. The molecule has 0 saturated heterocycles. The van der Waals surface area contributed by atoms with Gasteiger partial charge in [-0.1, -0.05) is 20.3 Å². The number of carboxylic acids is 2.